The SMILES string of the molecule is O=C([O-])C(CSc1nc2ccccc2s1)C(=O)Nc1ccccc1. The van der Waals surface area contributed by atoms with Gasteiger partial charge in [-0.05, 0) is 24.3 Å². The van der Waals surface area contributed by atoms with Crippen molar-refractivity contribution in [2.75, 3.05) is 11.1 Å². The van der Waals surface area contributed by atoms with Crippen LogP contribution in [-0.2, 0) is 9.59 Å². The molecule has 0 radical (unpaired) electrons. The number of aliphatic carboxylic acids is 1. The number of carboxylic acid groups (broad SMARTS) is 1. The number of benzene rings is 2. The van der Waals surface area contributed by atoms with Crippen molar-refractivity contribution in [3.63, 3.8) is 0 Å². The topological polar surface area (TPSA) is 82.1 Å². The van der Waals surface area contributed by atoms with Crippen molar-refractivity contribution >= 4 is 50.9 Å². The smallest absolute Gasteiger partial charge is 0.234 e. The van der Waals surface area contributed by atoms with E-state index in [2.05, 4.69) is 10.3 Å². The van der Waals surface area contributed by atoms with E-state index in [1.54, 1.807) is 24.3 Å². The molecule has 1 unspecified atom stereocenters. The summed E-state index contributed by atoms with van der Waals surface area (Å²) in [5.41, 5.74) is 1.42. The van der Waals surface area contributed by atoms with E-state index >= 15 is 0 Å². The van der Waals surface area contributed by atoms with Crippen molar-refractivity contribution in [2.45, 2.75) is 4.34 Å². The summed E-state index contributed by atoms with van der Waals surface area (Å²) in [4.78, 5) is 27.9. The molecule has 0 aliphatic carbocycles. The van der Waals surface area contributed by atoms with Gasteiger partial charge < -0.3 is 15.2 Å². The van der Waals surface area contributed by atoms with Gasteiger partial charge in [-0.2, -0.15) is 0 Å². The van der Waals surface area contributed by atoms with Crippen LogP contribution in [0.25, 0.3) is 10.2 Å². The highest BCUT2D eigenvalue weighted by atomic mass is 32.2. The lowest BCUT2D eigenvalue weighted by atomic mass is 10.1. The zero-order valence-corrected chi connectivity index (χ0v) is 14.1. The monoisotopic (exact) mass is 357 g/mol. The van der Waals surface area contributed by atoms with Crippen LogP contribution in [0.3, 0.4) is 0 Å². The number of carbonyl (C=O) groups is 2. The normalized spacial score (nSPS) is 12.0. The zero-order chi connectivity index (χ0) is 16.9. The number of aromatic nitrogens is 1. The summed E-state index contributed by atoms with van der Waals surface area (Å²) >= 11 is 2.72. The lowest BCUT2D eigenvalue weighted by Gasteiger charge is -2.16. The van der Waals surface area contributed by atoms with Crippen molar-refractivity contribution in [1.82, 2.24) is 4.98 Å². The molecule has 1 amide bonds. The van der Waals surface area contributed by atoms with Crippen LogP contribution in [0.5, 0.6) is 0 Å². The molecule has 1 N–H and O–H groups in total. The van der Waals surface area contributed by atoms with Gasteiger partial charge in [0.2, 0.25) is 5.91 Å². The molecule has 0 aliphatic heterocycles. The van der Waals surface area contributed by atoms with E-state index < -0.39 is 17.8 Å². The Kier molecular flexibility index (Phi) is 5.12. The van der Waals surface area contributed by atoms with Crippen LogP contribution in [0.4, 0.5) is 5.69 Å². The first kappa shape index (κ1) is 16.5. The number of thiazole rings is 1. The van der Waals surface area contributed by atoms with Gasteiger partial charge in [-0.15, -0.1) is 11.3 Å². The van der Waals surface area contributed by atoms with Crippen LogP contribution in [0.1, 0.15) is 0 Å². The third-order valence-corrected chi connectivity index (χ3v) is 5.56. The first-order valence-corrected chi connectivity index (χ1v) is 8.99. The first-order valence-electron chi connectivity index (χ1n) is 7.18. The third kappa shape index (κ3) is 3.93. The molecule has 3 aromatic rings. The van der Waals surface area contributed by atoms with E-state index in [0.717, 1.165) is 14.6 Å². The molecular weight excluding hydrogens is 344 g/mol. The van der Waals surface area contributed by atoms with Crippen molar-refractivity contribution in [2.24, 2.45) is 5.92 Å². The fourth-order valence-electron chi connectivity index (χ4n) is 2.07. The average Bonchev–Trinajstić information content (AvgIpc) is 2.98. The largest absolute Gasteiger partial charge is 0.549 e. The summed E-state index contributed by atoms with van der Waals surface area (Å²) < 4.78 is 1.76. The molecule has 5 nitrogen and oxygen atoms in total. The minimum atomic E-state index is -1.39. The van der Waals surface area contributed by atoms with Crippen molar-refractivity contribution in [3.05, 3.63) is 54.6 Å². The summed E-state index contributed by atoms with van der Waals surface area (Å²) in [6, 6.07) is 16.4. The van der Waals surface area contributed by atoms with Gasteiger partial charge in [-0.1, -0.05) is 42.1 Å². The van der Waals surface area contributed by atoms with E-state index in [-0.39, 0.29) is 5.75 Å². The first-order chi connectivity index (χ1) is 11.6. The van der Waals surface area contributed by atoms with Crippen LogP contribution < -0.4 is 10.4 Å². The fraction of sp³-hybridized carbons (Fsp3) is 0.118. The minimum absolute atomic E-state index is 0.0703. The third-order valence-electron chi connectivity index (χ3n) is 3.29. The van der Waals surface area contributed by atoms with Crippen molar-refractivity contribution < 1.29 is 14.7 Å². The Balaban J connectivity index is 1.67. The Morgan fingerprint density at radius 1 is 1.12 bits per heavy atom. The number of anilines is 1. The molecule has 24 heavy (non-hydrogen) atoms. The Morgan fingerprint density at radius 2 is 1.83 bits per heavy atom. The number of carbonyl (C=O) groups excluding carboxylic acids is 2. The maximum absolute atomic E-state index is 12.2. The Hall–Kier alpha value is -2.38. The second kappa shape index (κ2) is 7.46. The highest BCUT2D eigenvalue weighted by Gasteiger charge is 2.21. The Labute approximate surface area is 146 Å². The second-order valence-corrected chi connectivity index (χ2v) is 7.28. The molecule has 0 bridgehead atoms. The van der Waals surface area contributed by atoms with Crippen LogP contribution in [0.15, 0.2) is 58.9 Å². The molecule has 7 heteroatoms. The molecule has 3 rings (SSSR count). The van der Waals surface area contributed by atoms with Gasteiger partial charge in [0.1, 0.15) is 0 Å². The van der Waals surface area contributed by atoms with Crippen LogP contribution in [-0.4, -0.2) is 22.6 Å². The summed E-state index contributed by atoms with van der Waals surface area (Å²) in [6.07, 6.45) is 0. The highest BCUT2D eigenvalue weighted by molar-refractivity contribution is 8.01. The van der Waals surface area contributed by atoms with Gasteiger partial charge in [0.15, 0.2) is 4.34 Å². The Bertz CT molecular complexity index is 831. The quantitative estimate of drug-likeness (QED) is 0.541. The maximum atomic E-state index is 12.2. The van der Waals surface area contributed by atoms with Gasteiger partial charge in [0.25, 0.3) is 0 Å². The average molecular weight is 357 g/mol. The van der Waals surface area contributed by atoms with Gasteiger partial charge >= 0.3 is 0 Å². The van der Waals surface area contributed by atoms with Gasteiger partial charge in [-0.25, -0.2) is 4.98 Å². The predicted octanol–water partition coefficient (Wildman–Crippen LogP) is 2.39. The summed E-state index contributed by atoms with van der Waals surface area (Å²) in [5.74, 6) is -3.16. The fourth-order valence-corrected chi connectivity index (χ4v) is 4.23. The standard InChI is InChI=1S/C17H14N2O3S2/c20-15(18-11-6-2-1-3-7-11)12(16(21)22)10-23-17-19-13-8-4-5-9-14(13)24-17/h1-9,12H,10H2,(H,18,20)(H,21,22)/p-1. The predicted molar refractivity (Wildman–Crippen MR) is 93.9 cm³/mol. The number of hydrogen-bond acceptors (Lipinski definition) is 6. The molecule has 1 atom stereocenters. The number of fused-ring (bicyclic) bond motifs is 1. The van der Waals surface area contributed by atoms with Crippen molar-refractivity contribution in [3.8, 4) is 0 Å². The number of nitrogens with zero attached hydrogens (tertiary/aromatic N) is 1. The van der Waals surface area contributed by atoms with Gasteiger partial charge in [-0.3, -0.25) is 4.79 Å². The Morgan fingerprint density at radius 3 is 2.54 bits per heavy atom. The molecule has 0 aliphatic rings. The van der Waals surface area contributed by atoms with Gasteiger partial charge in [0, 0.05) is 11.4 Å². The number of hydrogen-bond donors (Lipinski definition) is 1. The molecule has 0 spiro atoms. The van der Waals surface area contributed by atoms with E-state index in [0.29, 0.717) is 5.69 Å². The molecular formula is C17H13N2O3S2-. The van der Waals surface area contributed by atoms with Crippen molar-refractivity contribution in [1.29, 1.82) is 0 Å². The number of nitrogens with one attached hydrogen (secondary N) is 1. The minimum Gasteiger partial charge on any atom is -0.549 e. The van der Waals surface area contributed by atoms with E-state index in [9.17, 15) is 14.7 Å². The summed E-state index contributed by atoms with van der Waals surface area (Å²) in [7, 11) is 0. The maximum Gasteiger partial charge on any atom is 0.234 e. The molecule has 0 saturated carbocycles. The number of para-hydroxylation sites is 2. The highest BCUT2D eigenvalue weighted by Crippen LogP contribution is 2.30. The lowest BCUT2D eigenvalue weighted by molar-refractivity contribution is -0.309. The number of thioether (sulfide) groups is 1. The second-order valence-electron chi connectivity index (χ2n) is 4.99. The number of carboxylic acids is 1. The molecule has 2 aromatic carbocycles. The molecule has 1 aromatic heterocycles. The van der Waals surface area contributed by atoms with Gasteiger partial charge in [0.05, 0.1) is 22.1 Å². The summed E-state index contributed by atoms with van der Waals surface area (Å²) in [6.45, 7) is 0. The zero-order valence-electron chi connectivity index (χ0n) is 12.5. The van der Waals surface area contributed by atoms with Crippen LogP contribution in [0, 0.1) is 5.92 Å². The van der Waals surface area contributed by atoms with E-state index in [1.807, 2.05) is 30.3 Å². The van der Waals surface area contributed by atoms with Crippen LogP contribution >= 0.6 is 23.1 Å². The number of rotatable bonds is 6. The van der Waals surface area contributed by atoms with E-state index in [4.69, 9.17) is 0 Å². The number of amides is 1. The summed E-state index contributed by atoms with van der Waals surface area (Å²) in [5, 5.41) is 13.9. The lowest BCUT2D eigenvalue weighted by Crippen LogP contribution is -2.40. The molecule has 1 heterocycles. The molecule has 0 saturated heterocycles. The molecule has 122 valence electrons. The van der Waals surface area contributed by atoms with Crippen LogP contribution in [0.2, 0.25) is 0 Å². The molecule has 0 fully saturated rings. The van der Waals surface area contributed by atoms with E-state index in [1.165, 1.54) is 23.1 Å².